The maximum absolute atomic E-state index is 13.1. The summed E-state index contributed by atoms with van der Waals surface area (Å²) in [7, 11) is 1.59. The molecule has 1 heterocycles. The van der Waals surface area contributed by atoms with Crippen LogP contribution in [-0.2, 0) is 15.6 Å². The van der Waals surface area contributed by atoms with Crippen LogP contribution < -0.4 is 10.1 Å². The van der Waals surface area contributed by atoms with Gasteiger partial charge >= 0.3 is 0 Å². The average Bonchev–Trinajstić information content (AvgIpc) is 3.34. The fourth-order valence-corrected chi connectivity index (χ4v) is 3.79. The third-order valence-corrected chi connectivity index (χ3v) is 5.89. The number of methoxy groups -OCH3 is 1. The molecule has 0 atom stereocenters. The predicted octanol–water partition coefficient (Wildman–Crippen LogP) is 5.80. The van der Waals surface area contributed by atoms with Crippen LogP contribution in [-0.4, -0.2) is 18.0 Å². The third-order valence-electron chi connectivity index (χ3n) is 5.57. The zero-order valence-corrected chi connectivity index (χ0v) is 17.4. The van der Waals surface area contributed by atoms with Crippen molar-refractivity contribution in [3.63, 3.8) is 0 Å². The van der Waals surface area contributed by atoms with Gasteiger partial charge in [-0.25, -0.2) is 0 Å². The van der Waals surface area contributed by atoms with E-state index in [1.54, 1.807) is 13.2 Å². The van der Waals surface area contributed by atoms with Crippen LogP contribution in [0.5, 0.6) is 5.75 Å². The van der Waals surface area contributed by atoms with Gasteiger partial charge in [-0.1, -0.05) is 38.4 Å². The number of carbonyl (C=O) groups excluding carboxylic acids is 1. The number of fused-ring (bicyclic) bond motifs is 1. The van der Waals surface area contributed by atoms with Crippen molar-refractivity contribution in [2.75, 3.05) is 12.4 Å². The molecule has 0 saturated heterocycles. The minimum absolute atomic E-state index is 0.0165. The topological polar surface area (TPSA) is 54.1 Å². The number of anilines is 1. The van der Waals surface area contributed by atoms with Gasteiger partial charge in [-0.05, 0) is 54.8 Å². The normalized spacial score (nSPS) is 15.5. The lowest BCUT2D eigenvalue weighted by molar-refractivity contribution is -0.118. The molecule has 1 saturated carbocycles. The Bertz CT molecular complexity index is 1060. The molecule has 1 aliphatic rings. The second kappa shape index (κ2) is 6.56. The summed E-state index contributed by atoms with van der Waals surface area (Å²) in [6.07, 6.45) is 1.65. The number of carbonyl (C=O) groups is 1. The van der Waals surface area contributed by atoms with E-state index in [0.29, 0.717) is 10.8 Å². The van der Waals surface area contributed by atoms with Gasteiger partial charge in [0.05, 0.1) is 17.5 Å². The van der Waals surface area contributed by atoms with E-state index in [-0.39, 0.29) is 11.3 Å². The summed E-state index contributed by atoms with van der Waals surface area (Å²) in [6, 6.07) is 13.7. The molecule has 0 bridgehead atoms. The standard InChI is InChI=1S/C23H25ClN2O2/c1-22(2,3)20-12-14-11-16(6-8-18(14)26-20)25-21(27)23(9-10-23)15-5-7-17(24)19(13-15)28-4/h5-8,11-13,26H,9-10H2,1-4H3,(H,25,27). The highest BCUT2D eigenvalue weighted by molar-refractivity contribution is 6.32. The number of rotatable bonds is 4. The summed E-state index contributed by atoms with van der Waals surface area (Å²) < 4.78 is 5.32. The van der Waals surface area contributed by atoms with Gasteiger partial charge in [0.2, 0.25) is 5.91 Å². The van der Waals surface area contributed by atoms with Crippen molar-refractivity contribution in [1.29, 1.82) is 0 Å². The maximum atomic E-state index is 13.1. The van der Waals surface area contributed by atoms with Crippen LogP contribution in [0.3, 0.4) is 0 Å². The van der Waals surface area contributed by atoms with Crippen LogP contribution in [0.2, 0.25) is 5.02 Å². The molecule has 0 spiro atoms. The molecule has 4 rings (SSSR count). The van der Waals surface area contributed by atoms with Crippen LogP contribution in [0, 0.1) is 0 Å². The van der Waals surface area contributed by atoms with Crippen molar-refractivity contribution in [1.82, 2.24) is 4.98 Å². The Morgan fingerprint density at radius 1 is 1.14 bits per heavy atom. The molecule has 4 nitrogen and oxygen atoms in total. The number of aromatic amines is 1. The number of hydrogen-bond donors (Lipinski definition) is 2. The highest BCUT2D eigenvalue weighted by Crippen LogP contribution is 2.50. The number of aromatic nitrogens is 1. The van der Waals surface area contributed by atoms with Crippen molar-refractivity contribution in [3.8, 4) is 5.75 Å². The average molecular weight is 397 g/mol. The van der Waals surface area contributed by atoms with Crippen molar-refractivity contribution in [3.05, 3.63) is 58.7 Å². The summed E-state index contributed by atoms with van der Waals surface area (Å²) in [5.41, 5.74) is 3.56. The van der Waals surface area contributed by atoms with Gasteiger partial charge in [0.15, 0.2) is 0 Å². The second-order valence-electron chi connectivity index (χ2n) is 8.62. The molecule has 0 radical (unpaired) electrons. The Balaban J connectivity index is 1.59. The molecule has 1 amide bonds. The van der Waals surface area contributed by atoms with Gasteiger partial charge in [0, 0.05) is 27.7 Å². The molecule has 28 heavy (non-hydrogen) atoms. The number of nitrogens with one attached hydrogen (secondary N) is 2. The number of hydrogen-bond acceptors (Lipinski definition) is 2. The largest absolute Gasteiger partial charge is 0.495 e. The van der Waals surface area contributed by atoms with Gasteiger partial charge in [-0.2, -0.15) is 0 Å². The van der Waals surface area contributed by atoms with Crippen LogP contribution in [0.4, 0.5) is 5.69 Å². The second-order valence-corrected chi connectivity index (χ2v) is 9.03. The smallest absolute Gasteiger partial charge is 0.235 e. The van der Waals surface area contributed by atoms with Crippen molar-refractivity contribution >= 4 is 34.1 Å². The fourth-order valence-electron chi connectivity index (χ4n) is 3.59. The summed E-state index contributed by atoms with van der Waals surface area (Å²) in [4.78, 5) is 16.6. The van der Waals surface area contributed by atoms with E-state index in [9.17, 15) is 4.79 Å². The number of H-pyrrole nitrogens is 1. The molecule has 0 aliphatic heterocycles. The summed E-state index contributed by atoms with van der Waals surface area (Å²) in [6.45, 7) is 6.53. The summed E-state index contributed by atoms with van der Waals surface area (Å²) in [5, 5.41) is 4.76. The zero-order chi connectivity index (χ0) is 20.1. The molecular weight excluding hydrogens is 372 g/mol. The van der Waals surface area contributed by atoms with Crippen LogP contribution in [0.15, 0.2) is 42.5 Å². The molecule has 5 heteroatoms. The molecule has 3 aromatic rings. The molecule has 146 valence electrons. The fraction of sp³-hybridized carbons (Fsp3) is 0.348. The monoisotopic (exact) mass is 396 g/mol. The van der Waals surface area contributed by atoms with Crippen molar-refractivity contribution in [2.24, 2.45) is 0 Å². The first-order valence-electron chi connectivity index (χ1n) is 9.52. The van der Waals surface area contributed by atoms with E-state index in [1.165, 1.54) is 5.69 Å². The molecular formula is C23H25ClN2O2. The van der Waals surface area contributed by atoms with Gasteiger partial charge in [0.1, 0.15) is 5.75 Å². The lowest BCUT2D eigenvalue weighted by atomic mass is 9.92. The molecule has 2 aromatic carbocycles. The Hall–Kier alpha value is -2.46. The minimum atomic E-state index is -0.498. The number of amides is 1. The summed E-state index contributed by atoms with van der Waals surface area (Å²) >= 11 is 6.14. The minimum Gasteiger partial charge on any atom is -0.495 e. The van der Waals surface area contributed by atoms with Gasteiger partial charge < -0.3 is 15.0 Å². The highest BCUT2D eigenvalue weighted by atomic mass is 35.5. The highest BCUT2D eigenvalue weighted by Gasteiger charge is 2.51. The Morgan fingerprint density at radius 3 is 2.54 bits per heavy atom. The Morgan fingerprint density at radius 2 is 1.89 bits per heavy atom. The van der Waals surface area contributed by atoms with Crippen LogP contribution >= 0.6 is 11.6 Å². The van der Waals surface area contributed by atoms with Crippen molar-refractivity contribution in [2.45, 2.75) is 44.4 Å². The van der Waals surface area contributed by atoms with E-state index in [1.807, 2.05) is 30.3 Å². The molecule has 0 unspecified atom stereocenters. The van der Waals surface area contributed by atoms with E-state index in [0.717, 1.165) is 35.0 Å². The van der Waals surface area contributed by atoms with E-state index >= 15 is 0 Å². The van der Waals surface area contributed by atoms with Gasteiger partial charge in [-0.3, -0.25) is 4.79 Å². The molecule has 1 aromatic heterocycles. The lowest BCUT2D eigenvalue weighted by Gasteiger charge is -2.17. The molecule has 2 N–H and O–H groups in total. The van der Waals surface area contributed by atoms with Gasteiger partial charge in [-0.15, -0.1) is 0 Å². The zero-order valence-electron chi connectivity index (χ0n) is 16.7. The molecule has 1 aliphatic carbocycles. The van der Waals surface area contributed by atoms with Crippen LogP contribution in [0.25, 0.3) is 10.9 Å². The number of halogens is 1. The first-order chi connectivity index (χ1) is 13.2. The number of ether oxygens (including phenoxy) is 1. The van der Waals surface area contributed by atoms with Crippen molar-refractivity contribution < 1.29 is 9.53 Å². The summed E-state index contributed by atoms with van der Waals surface area (Å²) in [5.74, 6) is 0.615. The Kier molecular flexibility index (Phi) is 4.42. The quantitative estimate of drug-likeness (QED) is 0.585. The molecule has 1 fully saturated rings. The lowest BCUT2D eigenvalue weighted by Crippen LogP contribution is -2.27. The van der Waals surface area contributed by atoms with E-state index in [4.69, 9.17) is 16.3 Å². The van der Waals surface area contributed by atoms with E-state index in [2.05, 4.69) is 37.1 Å². The Labute approximate surface area is 170 Å². The number of benzene rings is 2. The maximum Gasteiger partial charge on any atom is 0.235 e. The van der Waals surface area contributed by atoms with Crippen LogP contribution in [0.1, 0.15) is 44.9 Å². The first-order valence-corrected chi connectivity index (χ1v) is 9.89. The SMILES string of the molecule is COc1cc(C2(C(=O)Nc3ccc4[nH]c(C(C)(C)C)cc4c3)CC2)ccc1Cl. The third kappa shape index (κ3) is 3.26. The predicted molar refractivity (Wildman–Crippen MR) is 115 cm³/mol. The first kappa shape index (κ1) is 18.9. The van der Waals surface area contributed by atoms with Gasteiger partial charge in [0.25, 0.3) is 0 Å². The van der Waals surface area contributed by atoms with E-state index < -0.39 is 5.41 Å².